The van der Waals surface area contributed by atoms with Crippen molar-refractivity contribution in [1.82, 2.24) is 10.2 Å². The zero-order chi connectivity index (χ0) is 13.2. The van der Waals surface area contributed by atoms with Crippen LogP contribution < -0.4 is 5.32 Å². The van der Waals surface area contributed by atoms with Gasteiger partial charge in [-0.3, -0.25) is 4.90 Å². The van der Waals surface area contributed by atoms with Crippen molar-refractivity contribution in [3.8, 4) is 0 Å². The van der Waals surface area contributed by atoms with Gasteiger partial charge >= 0.3 is 0 Å². The van der Waals surface area contributed by atoms with Gasteiger partial charge in [-0.2, -0.15) is 0 Å². The molecule has 2 nitrogen and oxygen atoms in total. The van der Waals surface area contributed by atoms with Gasteiger partial charge in [0.05, 0.1) is 0 Å². The maximum absolute atomic E-state index is 13.7. The van der Waals surface area contributed by atoms with E-state index in [-0.39, 0.29) is 0 Å². The normalized spacial score (nSPS) is 25.3. The highest BCUT2D eigenvalue weighted by Crippen LogP contribution is 2.33. The van der Waals surface area contributed by atoms with Crippen LogP contribution in [0, 0.1) is 17.6 Å². The zero-order valence-electron chi connectivity index (χ0n) is 11.0. The Hall–Kier alpha value is -1.00. The van der Waals surface area contributed by atoms with E-state index in [1.165, 1.54) is 18.9 Å². The second kappa shape index (κ2) is 5.55. The van der Waals surface area contributed by atoms with Crippen LogP contribution in [0.5, 0.6) is 0 Å². The first-order valence-electron chi connectivity index (χ1n) is 7.12. The van der Waals surface area contributed by atoms with E-state index in [0.29, 0.717) is 18.2 Å². The molecule has 0 radical (unpaired) electrons. The van der Waals surface area contributed by atoms with E-state index >= 15 is 0 Å². The van der Waals surface area contributed by atoms with Crippen molar-refractivity contribution >= 4 is 0 Å². The van der Waals surface area contributed by atoms with Gasteiger partial charge in [-0.05, 0) is 44.3 Å². The lowest BCUT2D eigenvalue weighted by molar-refractivity contribution is 0.247. The van der Waals surface area contributed by atoms with Crippen molar-refractivity contribution in [3.05, 3.63) is 35.4 Å². The van der Waals surface area contributed by atoms with Crippen LogP contribution in [-0.4, -0.2) is 30.6 Å². The summed E-state index contributed by atoms with van der Waals surface area (Å²) in [4.78, 5) is 2.29. The Labute approximate surface area is 112 Å². The predicted octanol–water partition coefficient (Wildman–Crippen LogP) is 2.54. The van der Waals surface area contributed by atoms with Gasteiger partial charge in [-0.25, -0.2) is 8.78 Å². The van der Waals surface area contributed by atoms with Crippen LogP contribution in [-0.2, 0) is 6.54 Å². The molecule has 2 fully saturated rings. The third-order valence-electron chi connectivity index (χ3n) is 4.11. The van der Waals surface area contributed by atoms with E-state index < -0.39 is 11.6 Å². The van der Waals surface area contributed by atoms with Crippen molar-refractivity contribution in [2.45, 2.75) is 31.8 Å². The predicted molar refractivity (Wildman–Crippen MR) is 70.8 cm³/mol. The van der Waals surface area contributed by atoms with E-state index in [0.717, 1.165) is 38.0 Å². The van der Waals surface area contributed by atoms with Gasteiger partial charge < -0.3 is 5.32 Å². The van der Waals surface area contributed by atoms with Crippen LogP contribution in [0.15, 0.2) is 18.2 Å². The molecular formula is C15H20F2N2. The van der Waals surface area contributed by atoms with Crippen molar-refractivity contribution in [1.29, 1.82) is 0 Å². The molecule has 1 aliphatic carbocycles. The summed E-state index contributed by atoms with van der Waals surface area (Å²) in [6, 6.07) is 4.43. The van der Waals surface area contributed by atoms with Gasteiger partial charge in [0, 0.05) is 30.8 Å². The van der Waals surface area contributed by atoms with Gasteiger partial charge in [0.15, 0.2) is 0 Å². The van der Waals surface area contributed by atoms with Crippen LogP contribution in [0.4, 0.5) is 8.78 Å². The summed E-state index contributed by atoms with van der Waals surface area (Å²) in [5, 5.41) is 3.59. The number of nitrogens with one attached hydrogen (secondary N) is 1. The molecule has 2 aliphatic rings. The first-order valence-corrected chi connectivity index (χ1v) is 7.12. The number of hydrogen-bond donors (Lipinski definition) is 1. The maximum atomic E-state index is 13.7. The van der Waals surface area contributed by atoms with Crippen molar-refractivity contribution in [2.24, 2.45) is 5.92 Å². The van der Waals surface area contributed by atoms with Crippen LogP contribution in [0.25, 0.3) is 0 Å². The van der Waals surface area contributed by atoms with Gasteiger partial charge in [-0.15, -0.1) is 0 Å². The molecule has 3 rings (SSSR count). The summed E-state index contributed by atoms with van der Waals surface area (Å²) in [7, 11) is 0. The van der Waals surface area contributed by atoms with Crippen LogP contribution >= 0.6 is 0 Å². The quantitative estimate of drug-likeness (QED) is 0.904. The molecule has 1 aliphatic heterocycles. The second-order valence-electron chi connectivity index (χ2n) is 5.72. The molecule has 4 heteroatoms. The third kappa shape index (κ3) is 3.31. The molecular weight excluding hydrogens is 246 g/mol. The molecule has 1 saturated carbocycles. The molecule has 0 amide bonds. The van der Waals surface area contributed by atoms with Gasteiger partial charge in [-0.1, -0.05) is 6.07 Å². The Morgan fingerprint density at radius 3 is 2.84 bits per heavy atom. The highest BCUT2D eigenvalue weighted by Gasteiger charge is 2.33. The molecule has 0 aromatic heterocycles. The standard InChI is InChI=1S/C15H20F2N2/c16-13-5-4-12(14(17)8-13)9-19-7-1-6-18-15(10-19)11-2-3-11/h4-5,8,11,15,18H,1-3,6-7,9-10H2. The van der Waals surface area contributed by atoms with E-state index in [1.54, 1.807) is 6.07 Å². The van der Waals surface area contributed by atoms with E-state index in [1.807, 2.05) is 0 Å². The van der Waals surface area contributed by atoms with Crippen LogP contribution in [0.2, 0.25) is 0 Å². The zero-order valence-corrected chi connectivity index (χ0v) is 11.0. The van der Waals surface area contributed by atoms with Crippen molar-refractivity contribution in [3.63, 3.8) is 0 Å². The largest absolute Gasteiger partial charge is 0.312 e. The molecule has 1 atom stereocenters. The Morgan fingerprint density at radius 2 is 2.11 bits per heavy atom. The van der Waals surface area contributed by atoms with Gasteiger partial charge in [0.2, 0.25) is 0 Å². The lowest BCUT2D eigenvalue weighted by Crippen LogP contribution is -2.39. The third-order valence-corrected chi connectivity index (χ3v) is 4.11. The Kier molecular flexibility index (Phi) is 3.80. The minimum Gasteiger partial charge on any atom is -0.312 e. The summed E-state index contributed by atoms with van der Waals surface area (Å²) in [6.07, 6.45) is 3.72. The summed E-state index contributed by atoms with van der Waals surface area (Å²) < 4.78 is 26.6. The topological polar surface area (TPSA) is 15.3 Å². The Morgan fingerprint density at radius 1 is 1.26 bits per heavy atom. The molecule has 1 unspecified atom stereocenters. The molecule has 1 aromatic rings. The summed E-state index contributed by atoms with van der Waals surface area (Å²) in [5.74, 6) is -0.131. The SMILES string of the molecule is Fc1ccc(CN2CCCNC(C3CC3)C2)c(F)c1. The molecule has 19 heavy (non-hydrogen) atoms. The molecule has 1 saturated heterocycles. The van der Waals surface area contributed by atoms with Crippen LogP contribution in [0.3, 0.4) is 0 Å². The molecule has 0 spiro atoms. The molecule has 1 aromatic carbocycles. The molecule has 1 N–H and O–H groups in total. The minimum absolute atomic E-state index is 0.430. The van der Waals surface area contributed by atoms with E-state index in [4.69, 9.17) is 0 Å². The molecule has 0 bridgehead atoms. The smallest absolute Gasteiger partial charge is 0.130 e. The highest BCUT2D eigenvalue weighted by atomic mass is 19.1. The number of rotatable bonds is 3. The average Bonchev–Trinajstić information content (AvgIpc) is 3.19. The number of benzene rings is 1. The fourth-order valence-corrected chi connectivity index (χ4v) is 2.87. The first kappa shape index (κ1) is 13.0. The van der Waals surface area contributed by atoms with E-state index in [9.17, 15) is 8.78 Å². The molecule has 1 heterocycles. The summed E-state index contributed by atoms with van der Waals surface area (Å²) in [5.41, 5.74) is 0.595. The average molecular weight is 266 g/mol. The Bertz CT molecular complexity index is 446. The highest BCUT2D eigenvalue weighted by molar-refractivity contribution is 5.18. The van der Waals surface area contributed by atoms with E-state index in [2.05, 4.69) is 10.2 Å². The van der Waals surface area contributed by atoms with Crippen LogP contribution in [0.1, 0.15) is 24.8 Å². The second-order valence-corrected chi connectivity index (χ2v) is 5.72. The monoisotopic (exact) mass is 266 g/mol. The fourth-order valence-electron chi connectivity index (χ4n) is 2.87. The van der Waals surface area contributed by atoms with Crippen molar-refractivity contribution in [2.75, 3.05) is 19.6 Å². The number of nitrogens with zero attached hydrogens (tertiary/aromatic N) is 1. The lowest BCUT2D eigenvalue weighted by atomic mass is 10.1. The maximum Gasteiger partial charge on any atom is 0.130 e. The number of halogens is 2. The summed E-state index contributed by atoms with van der Waals surface area (Å²) in [6.45, 7) is 3.58. The fraction of sp³-hybridized carbons (Fsp3) is 0.600. The summed E-state index contributed by atoms with van der Waals surface area (Å²) >= 11 is 0. The first-order chi connectivity index (χ1) is 9.22. The molecule has 104 valence electrons. The minimum atomic E-state index is -0.505. The van der Waals surface area contributed by atoms with Gasteiger partial charge in [0.1, 0.15) is 11.6 Å². The number of hydrogen-bond acceptors (Lipinski definition) is 2. The van der Waals surface area contributed by atoms with Gasteiger partial charge in [0.25, 0.3) is 0 Å². The Balaban J connectivity index is 1.66. The van der Waals surface area contributed by atoms with Crippen molar-refractivity contribution < 1.29 is 8.78 Å². The lowest BCUT2D eigenvalue weighted by Gasteiger charge is -2.24.